The number of piperazine rings is 1. The van der Waals surface area contributed by atoms with E-state index in [1.54, 1.807) is 0 Å². The maximum atomic E-state index is 13.7. The fourth-order valence-electron chi connectivity index (χ4n) is 5.72. The summed E-state index contributed by atoms with van der Waals surface area (Å²) >= 11 is 4.22. The number of unbranched alkanes of at least 4 members (excludes halogenated alkanes) is 1. The number of ether oxygens (including phenoxy) is 1. The van der Waals surface area contributed by atoms with Crippen molar-refractivity contribution < 1.29 is 38.3 Å². The van der Waals surface area contributed by atoms with Gasteiger partial charge in [0.2, 0.25) is 23.6 Å². The highest BCUT2D eigenvalue weighted by Crippen LogP contribution is 2.20. The van der Waals surface area contributed by atoms with Crippen molar-refractivity contribution in [2.45, 2.75) is 82.6 Å². The maximum absolute atomic E-state index is 13.7. The van der Waals surface area contributed by atoms with Gasteiger partial charge in [0, 0.05) is 38.4 Å². The highest BCUT2D eigenvalue weighted by molar-refractivity contribution is 7.80. The number of hydrogen-bond donors (Lipinski definition) is 6. The molecular weight excluding hydrogens is 608 g/mol. The van der Waals surface area contributed by atoms with Gasteiger partial charge in [-0.25, -0.2) is 14.5 Å². The van der Waals surface area contributed by atoms with Crippen LogP contribution in [0.2, 0.25) is 0 Å². The van der Waals surface area contributed by atoms with Gasteiger partial charge in [-0.2, -0.15) is 12.6 Å². The molecular formula is C28H46N8O8S. The molecule has 3 rings (SSSR count). The van der Waals surface area contributed by atoms with E-state index >= 15 is 0 Å². The number of hydrogen-bond acceptors (Lipinski definition) is 11. The number of rotatable bonds is 16. The van der Waals surface area contributed by atoms with Gasteiger partial charge in [-0.15, -0.1) is 0 Å². The minimum absolute atomic E-state index is 0.119. The third-order valence-electron chi connectivity index (χ3n) is 8.12. The van der Waals surface area contributed by atoms with Gasteiger partial charge in [0.25, 0.3) is 5.91 Å². The Labute approximate surface area is 268 Å². The highest BCUT2D eigenvalue weighted by atomic mass is 32.1. The fourth-order valence-corrected chi connectivity index (χ4v) is 6.03. The third kappa shape index (κ3) is 9.53. The number of primary amides is 1. The zero-order valence-electron chi connectivity index (χ0n) is 25.9. The Balaban J connectivity index is 1.66. The number of nitrogens with two attached hydrogens (primary N) is 2. The molecule has 252 valence electrons. The van der Waals surface area contributed by atoms with Gasteiger partial charge < -0.3 is 37.1 Å². The Morgan fingerprint density at radius 2 is 1.73 bits per heavy atom. The topological polar surface area (TPSA) is 227 Å². The molecule has 0 radical (unpaired) electrons. The Kier molecular flexibility index (Phi) is 13.4. The molecule has 3 fully saturated rings. The second-order valence-corrected chi connectivity index (χ2v) is 12.3. The van der Waals surface area contributed by atoms with Crippen molar-refractivity contribution in [3.8, 4) is 0 Å². The quantitative estimate of drug-likeness (QED) is 0.0451. The zero-order chi connectivity index (χ0) is 33.3. The van der Waals surface area contributed by atoms with Crippen LogP contribution in [0.1, 0.15) is 52.4 Å². The molecule has 0 saturated carbocycles. The van der Waals surface area contributed by atoms with E-state index in [0.717, 1.165) is 4.90 Å². The third-order valence-corrected chi connectivity index (χ3v) is 8.47. The van der Waals surface area contributed by atoms with E-state index < -0.39 is 65.8 Å². The maximum Gasteiger partial charge on any atom is 0.328 e. The average Bonchev–Trinajstić information content (AvgIpc) is 3.51. The van der Waals surface area contributed by atoms with Crippen molar-refractivity contribution in [3.05, 3.63) is 0 Å². The zero-order valence-corrected chi connectivity index (χ0v) is 26.8. The first-order valence-corrected chi connectivity index (χ1v) is 16.0. The molecule has 17 heteroatoms. The van der Waals surface area contributed by atoms with Gasteiger partial charge in [0.15, 0.2) is 0 Å². The lowest BCUT2D eigenvalue weighted by Gasteiger charge is -2.41. The first-order valence-electron chi connectivity index (χ1n) is 15.4. The summed E-state index contributed by atoms with van der Waals surface area (Å²) in [6, 6.07) is -5.31. The van der Waals surface area contributed by atoms with Crippen LogP contribution in [0.25, 0.3) is 0 Å². The van der Waals surface area contributed by atoms with Crippen molar-refractivity contribution in [1.82, 2.24) is 30.7 Å². The molecule has 5 atom stereocenters. The number of thiol groups is 1. The van der Waals surface area contributed by atoms with Crippen LogP contribution >= 0.6 is 12.6 Å². The average molecular weight is 655 g/mol. The van der Waals surface area contributed by atoms with Crippen molar-refractivity contribution in [1.29, 1.82) is 0 Å². The molecule has 1 unspecified atom stereocenters. The van der Waals surface area contributed by atoms with Crippen LogP contribution in [0.3, 0.4) is 0 Å². The lowest BCUT2D eigenvalue weighted by atomic mass is 9.99. The second-order valence-electron chi connectivity index (χ2n) is 11.9. The number of nitrogens with one attached hydrogen (secondary N) is 3. The number of urea groups is 1. The van der Waals surface area contributed by atoms with Crippen LogP contribution < -0.4 is 27.4 Å². The smallest absolute Gasteiger partial charge is 0.328 e. The van der Waals surface area contributed by atoms with E-state index in [9.17, 15) is 33.6 Å². The molecule has 7 N–H and O–H groups in total. The lowest BCUT2D eigenvalue weighted by Crippen LogP contribution is -2.61. The molecule has 0 aromatic carbocycles. The number of cyclic esters (lactones) is 1. The minimum Gasteiger partial charge on any atom is -0.464 e. The summed E-state index contributed by atoms with van der Waals surface area (Å²) in [6.07, 6.45) is 2.10. The molecule has 0 aromatic rings. The number of amides is 7. The summed E-state index contributed by atoms with van der Waals surface area (Å²) in [6.45, 7) is 5.75. The summed E-state index contributed by atoms with van der Waals surface area (Å²) in [4.78, 5) is 93.1. The summed E-state index contributed by atoms with van der Waals surface area (Å²) < 4.78 is 4.94. The molecule has 0 spiro atoms. The van der Waals surface area contributed by atoms with Gasteiger partial charge in [0.1, 0.15) is 24.2 Å². The van der Waals surface area contributed by atoms with E-state index in [4.69, 9.17) is 16.2 Å². The van der Waals surface area contributed by atoms with Crippen LogP contribution in [0.4, 0.5) is 4.79 Å². The SMILES string of the molecule is CC(C)C[C@@H](C(=O)N[C@H](CCCCN)C(=O)NC1CCOC1=O)N1CCN(C(=O)[C@H](CS)N2C(=O)N[C@H](CC(N)=O)C2=O)CC1. The molecule has 7 amide bonds. The summed E-state index contributed by atoms with van der Waals surface area (Å²) in [5, 5.41) is 7.98. The van der Waals surface area contributed by atoms with Crippen molar-refractivity contribution in [3.63, 3.8) is 0 Å². The summed E-state index contributed by atoms with van der Waals surface area (Å²) in [5.41, 5.74) is 10.8. The number of carbonyl (C=O) groups excluding carboxylic acids is 7. The van der Waals surface area contributed by atoms with E-state index in [-0.39, 0.29) is 43.7 Å². The predicted molar refractivity (Wildman–Crippen MR) is 164 cm³/mol. The normalized spacial score (nSPS) is 22.6. The molecule has 3 aliphatic rings. The minimum atomic E-state index is -1.18. The number of imide groups is 1. The van der Waals surface area contributed by atoms with Gasteiger partial charge in [-0.05, 0) is 38.1 Å². The van der Waals surface area contributed by atoms with Crippen LogP contribution in [-0.2, 0) is 33.5 Å². The largest absolute Gasteiger partial charge is 0.464 e. The van der Waals surface area contributed by atoms with Crippen LogP contribution in [-0.4, -0.2) is 132 Å². The van der Waals surface area contributed by atoms with E-state index in [1.807, 2.05) is 18.7 Å². The summed E-state index contributed by atoms with van der Waals surface area (Å²) in [5.74, 6) is -3.22. The van der Waals surface area contributed by atoms with Gasteiger partial charge in [-0.3, -0.25) is 28.9 Å². The van der Waals surface area contributed by atoms with Crippen molar-refractivity contribution in [2.24, 2.45) is 17.4 Å². The van der Waals surface area contributed by atoms with Gasteiger partial charge in [-0.1, -0.05) is 13.8 Å². The molecule has 3 heterocycles. The van der Waals surface area contributed by atoms with Gasteiger partial charge in [0.05, 0.1) is 19.1 Å². The molecule has 3 aliphatic heterocycles. The Bertz CT molecular complexity index is 1130. The molecule has 0 bridgehead atoms. The number of carbonyl (C=O) groups is 7. The standard InChI is InChI=1S/C28H46N8O8S/c1-16(2)13-20(24(39)31-17(5-3-4-7-29)23(38)32-18-6-12-44-27(18)42)34-8-10-35(11-9-34)26(41)21(15-45)36-25(40)19(14-22(30)37)33-28(36)43/h16-21,45H,3-15,29H2,1-2H3,(H2,30,37)(H,31,39)(H,32,38)(H,33,43)/t17-,18?,19-,20+,21+/m1/s1. The Hall–Kier alpha value is -3.44. The van der Waals surface area contributed by atoms with Crippen LogP contribution in [0.15, 0.2) is 0 Å². The van der Waals surface area contributed by atoms with E-state index in [1.165, 1.54) is 4.90 Å². The Morgan fingerprint density at radius 3 is 2.29 bits per heavy atom. The molecule has 45 heavy (non-hydrogen) atoms. The highest BCUT2D eigenvalue weighted by Gasteiger charge is 2.46. The molecule has 0 aliphatic carbocycles. The van der Waals surface area contributed by atoms with Crippen LogP contribution in [0, 0.1) is 5.92 Å². The van der Waals surface area contributed by atoms with E-state index in [2.05, 4.69) is 28.6 Å². The van der Waals surface area contributed by atoms with E-state index in [0.29, 0.717) is 51.7 Å². The first kappa shape index (κ1) is 36.0. The van der Waals surface area contributed by atoms with Gasteiger partial charge >= 0.3 is 12.0 Å². The van der Waals surface area contributed by atoms with Crippen LogP contribution in [0.5, 0.6) is 0 Å². The monoisotopic (exact) mass is 654 g/mol. The Morgan fingerprint density at radius 1 is 1.04 bits per heavy atom. The lowest BCUT2D eigenvalue weighted by molar-refractivity contribution is -0.143. The molecule has 3 saturated heterocycles. The van der Waals surface area contributed by atoms with Crippen molar-refractivity contribution in [2.75, 3.05) is 45.1 Å². The fraction of sp³-hybridized carbons (Fsp3) is 0.750. The second kappa shape index (κ2) is 16.7. The summed E-state index contributed by atoms with van der Waals surface area (Å²) in [7, 11) is 0. The number of nitrogens with zero attached hydrogens (tertiary/aromatic N) is 3. The first-order chi connectivity index (χ1) is 21.4. The predicted octanol–water partition coefficient (Wildman–Crippen LogP) is -2.31. The van der Waals surface area contributed by atoms with Crippen molar-refractivity contribution >= 4 is 54.2 Å². The number of esters is 1. The molecule has 0 aromatic heterocycles. The molecule has 16 nitrogen and oxygen atoms in total.